The summed E-state index contributed by atoms with van der Waals surface area (Å²) in [4.78, 5) is 16.2. The minimum Gasteiger partial charge on any atom is -0.477 e. The molecule has 3 heterocycles. The number of hydrogen-bond acceptors (Lipinski definition) is 6. The first kappa shape index (κ1) is 26.1. The molecule has 36 heavy (non-hydrogen) atoms. The van der Waals surface area contributed by atoms with Gasteiger partial charge in [0.15, 0.2) is 11.5 Å². The highest BCUT2D eigenvalue weighted by Crippen LogP contribution is 2.59. The zero-order chi connectivity index (χ0) is 26.3. The predicted octanol–water partition coefficient (Wildman–Crippen LogP) is 5.22. The minimum atomic E-state index is -4.70. The van der Waals surface area contributed by atoms with E-state index >= 15 is 0 Å². The van der Waals surface area contributed by atoms with Gasteiger partial charge in [-0.2, -0.15) is 31.4 Å². The van der Waals surface area contributed by atoms with Crippen LogP contribution in [0.1, 0.15) is 35.3 Å². The number of hydrogen-bond donors (Lipinski definition) is 1. The van der Waals surface area contributed by atoms with E-state index in [2.05, 4.69) is 19.9 Å². The molecule has 0 spiro atoms. The number of aryl methyl sites for hydroxylation is 1. The van der Waals surface area contributed by atoms with Gasteiger partial charge in [-0.05, 0) is 43.3 Å². The van der Waals surface area contributed by atoms with E-state index in [1.807, 2.05) is 0 Å². The first-order valence-electron chi connectivity index (χ1n) is 10.3. The van der Waals surface area contributed by atoms with Crippen molar-refractivity contribution in [3.8, 4) is 11.7 Å². The molecule has 1 aliphatic rings. The number of pyridine rings is 1. The Labute approximate surface area is 209 Å². The van der Waals surface area contributed by atoms with Crippen LogP contribution in [0.25, 0.3) is 5.82 Å². The summed E-state index contributed by atoms with van der Waals surface area (Å²) in [6.45, 7) is -0.158. The third-order valence-corrected chi connectivity index (χ3v) is 6.58. The van der Waals surface area contributed by atoms with E-state index in [0.29, 0.717) is 11.9 Å². The highest BCUT2D eigenvalue weighted by Gasteiger charge is 2.62. The molecule has 4 rings (SSSR count). The monoisotopic (exact) mass is 554 g/mol. The molecule has 0 unspecified atom stereocenters. The van der Waals surface area contributed by atoms with E-state index < -0.39 is 29.4 Å². The normalized spacial score (nSPS) is 15.1. The molecule has 1 N–H and O–H groups in total. The summed E-state index contributed by atoms with van der Waals surface area (Å²) < 4.78 is 88.0. The molecule has 0 aliphatic heterocycles. The van der Waals surface area contributed by atoms with Crippen LogP contribution in [0.3, 0.4) is 0 Å². The Morgan fingerprint density at radius 1 is 1.19 bits per heavy atom. The molecule has 16 heteroatoms. The van der Waals surface area contributed by atoms with E-state index in [1.54, 1.807) is 0 Å². The number of ether oxygens (including phenoxy) is 1. The number of aromatic nitrogens is 5. The fourth-order valence-corrected chi connectivity index (χ4v) is 4.31. The third kappa shape index (κ3) is 5.56. The highest BCUT2D eigenvalue weighted by molar-refractivity contribution is 7.98. The Bertz CT molecular complexity index is 1270. The van der Waals surface area contributed by atoms with E-state index in [4.69, 9.17) is 16.3 Å². The van der Waals surface area contributed by atoms with Crippen LogP contribution in [0.15, 0.2) is 35.5 Å². The summed E-state index contributed by atoms with van der Waals surface area (Å²) in [7, 11) is 1.32. The van der Waals surface area contributed by atoms with Crippen molar-refractivity contribution in [3.63, 3.8) is 0 Å². The van der Waals surface area contributed by atoms with Crippen LogP contribution in [-0.2, 0) is 13.2 Å². The number of nitrogens with one attached hydrogen (secondary N) is 1. The van der Waals surface area contributed by atoms with Gasteiger partial charge in [-0.25, -0.2) is 9.67 Å². The first-order valence-corrected chi connectivity index (χ1v) is 11.5. The molecule has 1 saturated carbocycles. The van der Waals surface area contributed by atoms with Crippen LogP contribution in [0.5, 0.6) is 5.88 Å². The minimum absolute atomic E-state index is 0.0842. The number of halogens is 7. The molecular weight excluding hydrogens is 538 g/mol. The van der Waals surface area contributed by atoms with Gasteiger partial charge in [0, 0.05) is 25.5 Å². The fourth-order valence-electron chi connectivity index (χ4n) is 3.30. The molecule has 1 aliphatic carbocycles. The largest absolute Gasteiger partial charge is 0.477 e. The highest BCUT2D eigenvalue weighted by atomic mass is 35.5. The zero-order valence-corrected chi connectivity index (χ0v) is 19.9. The Morgan fingerprint density at radius 3 is 2.53 bits per heavy atom. The lowest BCUT2D eigenvalue weighted by atomic mass is 10.0. The second-order valence-electron chi connectivity index (χ2n) is 8.03. The average molecular weight is 555 g/mol. The van der Waals surface area contributed by atoms with Crippen LogP contribution in [-0.4, -0.2) is 43.2 Å². The Kier molecular flexibility index (Phi) is 6.90. The van der Waals surface area contributed by atoms with Gasteiger partial charge in [0.1, 0.15) is 5.15 Å². The molecule has 1 fully saturated rings. The molecule has 0 radical (unpaired) electrons. The van der Waals surface area contributed by atoms with Gasteiger partial charge in [-0.15, -0.1) is 5.10 Å². The Morgan fingerprint density at radius 2 is 1.92 bits per heavy atom. The standard InChI is InChI=1S/C20H17ClF6N6O2S/c1-32-10-12(15(30-32)19(22,23)24)36-31-17(34)11-2-3-13(28-16(11)21)33-8-4-14(29-33)35-9-7-18(5-6-18)20(25,26)27/h2-4,8,10H,5-7,9H2,1H3,(H,31,34). The van der Waals surface area contributed by atoms with Crippen molar-refractivity contribution in [1.29, 1.82) is 0 Å². The molecule has 0 aromatic carbocycles. The summed E-state index contributed by atoms with van der Waals surface area (Å²) in [6.07, 6.45) is -6.40. The van der Waals surface area contributed by atoms with Gasteiger partial charge in [-0.1, -0.05) is 11.6 Å². The van der Waals surface area contributed by atoms with Gasteiger partial charge in [0.05, 0.1) is 22.5 Å². The van der Waals surface area contributed by atoms with Crippen molar-refractivity contribution in [3.05, 3.63) is 47.0 Å². The second-order valence-corrected chi connectivity index (χ2v) is 9.24. The van der Waals surface area contributed by atoms with Crippen molar-refractivity contribution in [2.75, 3.05) is 6.61 Å². The Balaban J connectivity index is 1.37. The molecule has 3 aromatic heterocycles. The number of carbonyl (C=O) groups is 1. The van der Waals surface area contributed by atoms with Gasteiger partial charge in [0.2, 0.25) is 5.88 Å². The smallest absolute Gasteiger partial charge is 0.436 e. The second kappa shape index (κ2) is 9.50. The quantitative estimate of drug-likeness (QED) is 0.233. The third-order valence-electron chi connectivity index (χ3n) is 5.48. The number of rotatable bonds is 8. The zero-order valence-electron chi connectivity index (χ0n) is 18.3. The first-order chi connectivity index (χ1) is 16.8. The van der Waals surface area contributed by atoms with Crippen LogP contribution >= 0.6 is 23.5 Å². The molecule has 0 saturated heterocycles. The summed E-state index contributed by atoms with van der Waals surface area (Å²) >= 11 is 6.53. The molecule has 8 nitrogen and oxygen atoms in total. The molecular formula is C20H17ClF6N6O2S. The van der Waals surface area contributed by atoms with Crippen molar-refractivity contribution in [2.24, 2.45) is 12.5 Å². The van der Waals surface area contributed by atoms with Crippen molar-refractivity contribution < 1.29 is 35.9 Å². The summed E-state index contributed by atoms with van der Waals surface area (Å²) in [5.41, 5.74) is -2.92. The lowest BCUT2D eigenvalue weighted by Gasteiger charge is -2.18. The molecule has 3 aromatic rings. The lowest BCUT2D eigenvalue weighted by molar-refractivity contribution is -0.190. The Hall–Kier alpha value is -2.94. The molecule has 194 valence electrons. The number of nitrogens with zero attached hydrogens (tertiary/aromatic N) is 5. The summed E-state index contributed by atoms with van der Waals surface area (Å²) in [5, 5.41) is 7.19. The maximum atomic E-state index is 13.1. The van der Waals surface area contributed by atoms with Crippen molar-refractivity contribution in [2.45, 2.75) is 36.5 Å². The maximum absolute atomic E-state index is 13.1. The number of alkyl halides is 6. The maximum Gasteiger partial charge on any atom is 0.436 e. The van der Waals surface area contributed by atoms with Gasteiger partial charge < -0.3 is 4.74 Å². The number of amides is 1. The van der Waals surface area contributed by atoms with E-state index in [1.165, 1.54) is 36.1 Å². The topological polar surface area (TPSA) is 86.9 Å². The van der Waals surface area contributed by atoms with Gasteiger partial charge >= 0.3 is 12.4 Å². The fraction of sp³-hybridized carbons (Fsp3) is 0.400. The van der Waals surface area contributed by atoms with Crippen LogP contribution in [0.2, 0.25) is 5.15 Å². The predicted molar refractivity (Wildman–Crippen MR) is 116 cm³/mol. The average Bonchev–Trinajstić information content (AvgIpc) is 3.26. The van der Waals surface area contributed by atoms with Crippen LogP contribution < -0.4 is 9.46 Å². The van der Waals surface area contributed by atoms with E-state index in [0.717, 1.165) is 10.9 Å². The van der Waals surface area contributed by atoms with E-state index in [-0.39, 0.29) is 53.2 Å². The molecule has 0 bridgehead atoms. The van der Waals surface area contributed by atoms with Crippen molar-refractivity contribution in [1.82, 2.24) is 29.3 Å². The molecule has 0 atom stereocenters. The van der Waals surface area contributed by atoms with Crippen LogP contribution in [0, 0.1) is 5.41 Å². The molecule has 1 amide bonds. The van der Waals surface area contributed by atoms with Crippen LogP contribution in [0.4, 0.5) is 26.3 Å². The summed E-state index contributed by atoms with van der Waals surface area (Å²) in [5.74, 6) is -0.523. The lowest BCUT2D eigenvalue weighted by Crippen LogP contribution is -2.26. The number of carbonyl (C=O) groups excluding carboxylic acids is 1. The van der Waals surface area contributed by atoms with Crippen molar-refractivity contribution >= 4 is 29.5 Å². The van der Waals surface area contributed by atoms with E-state index in [9.17, 15) is 31.1 Å². The summed E-state index contributed by atoms with van der Waals surface area (Å²) in [6, 6.07) is 4.12. The van der Waals surface area contributed by atoms with Gasteiger partial charge in [0.25, 0.3) is 5.91 Å². The van der Waals surface area contributed by atoms with Gasteiger partial charge in [-0.3, -0.25) is 14.2 Å². The SMILES string of the molecule is Cn1cc(SNC(=O)c2ccc(-n3ccc(OCCC4(C(F)(F)F)CC4)n3)nc2Cl)c(C(F)(F)F)n1.